The van der Waals surface area contributed by atoms with Gasteiger partial charge in [-0.1, -0.05) is 5.92 Å². The minimum atomic E-state index is 0.565. The normalized spacial score (nSPS) is 8.22. The molecule has 0 amide bonds. The zero-order valence-corrected chi connectivity index (χ0v) is 5.39. The van der Waals surface area contributed by atoms with Gasteiger partial charge in [0, 0.05) is 0 Å². The molecule has 0 bridgehead atoms. The van der Waals surface area contributed by atoms with Gasteiger partial charge in [-0.3, -0.25) is 5.10 Å². The van der Waals surface area contributed by atoms with Crippen molar-refractivity contribution in [2.75, 3.05) is 0 Å². The topological polar surface area (TPSA) is 41.6 Å². The van der Waals surface area contributed by atoms with Crippen molar-refractivity contribution in [2.24, 2.45) is 0 Å². The molecular formula is C6H7N3. The molecule has 0 radical (unpaired) electrons. The highest BCUT2D eigenvalue weighted by molar-refractivity contribution is 5.17. The Morgan fingerprint density at radius 1 is 1.56 bits per heavy atom. The van der Waals surface area contributed by atoms with Crippen LogP contribution in [0.5, 0.6) is 0 Å². The van der Waals surface area contributed by atoms with Crippen molar-refractivity contribution in [1.29, 1.82) is 0 Å². The number of H-pyrrole nitrogens is 1. The molecule has 46 valence electrons. The number of aromatic nitrogens is 3. The lowest BCUT2D eigenvalue weighted by molar-refractivity contribution is 1.03. The fourth-order valence-electron chi connectivity index (χ4n) is 0.510. The number of nitrogens with one attached hydrogen (secondary N) is 1. The van der Waals surface area contributed by atoms with E-state index in [1.165, 1.54) is 0 Å². The van der Waals surface area contributed by atoms with Gasteiger partial charge in [-0.25, -0.2) is 4.98 Å². The van der Waals surface area contributed by atoms with Crippen molar-refractivity contribution in [3.8, 4) is 11.8 Å². The average molecular weight is 121 g/mol. The van der Waals surface area contributed by atoms with Gasteiger partial charge in [0.1, 0.15) is 5.82 Å². The molecule has 1 heterocycles. The zero-order chi connectivity index (χ0) is 6.69. The van der Waals surface area contributed by atoms with E-state index >= 15 is 0 Å². The third kappa shape index (κ3) is 1.29. The largest absolute Gasteiger partial charge is 0.262 e. The van der Waals surface area contributed by atoms with Gasteiger partial charge in [0.2, 0.25) is 5.82 Å². The first-order chi connectivity index (χ1) is 4.33. The van der Waals surface area contributed by atoms with Crippen LogP contribution in [0.2, 0.25) is 0 Å². The Morgan fingerprint density at radius 2 is 2.33 bits per heavy atom. The van der Waals surface area contributed by atoms with Crippen molar-refractivity contribution in [3.63, 3.8) is 0 Å². The van der Waals surface area contributed by atoms with Crippen molar-refractivity contribution in [2.45, 2.75) is 13.8 Å². The van der Waals surface area contributed by atoms with Crippen LogP contribution in [0, 0.1) is 18.8 Å². The van der Waals surface area contributed by atoms with E-state index in [1.54, 1.807) is 6.92 Å². The maximum Gasteiger partial charge on any atom is 0.225 e. The molecule has 1 aromatic heterocycles. The molecule has 9 heavy (non-hydrogen) atoms. The van der Waals surface area contributed by atoms with E-state index < -0.39 is 0 Å². The van der Waals surface area contributed by atoms with Gasteiger partial charge in [0.25, 0.3) is 0 Å². The van der Waals surface area contributed by atoms with Crippen LogP contribution in [-0.2, 0) is 0 Å². The highest BCUT2D eigenvalue weighted by atomic mass is 15.2. The number of aromatic amines is 1. The first-order valence-corrected chi connectivity index (χ1v) is 2.64. The van der Waals surface area contributed by atoms with E-state index in [9.17, 15) is 0 Å². The van der Waals surface area contributed by atoms with Crippen LogP contribution >= 0.6 is 0 Å². The van der Waals surface area contributed by atoms with E-state index in [2.05, 4.69) is 27.0 Å². The molecule has 0 saturated heterocycles. The highest BCUT2D eigenvalue weighted by Gasteiger charge is 1.90. The lowest BCUT2D eigenvalue weighted by atomic mass is 10.6. The maximum atomic E-state index is 3.96. The van der Waals surface area contributed by atoms with Crippen LogP contribution < -0.4 is 0 Å². The highest BCUT2D eigenvalue weighted by Crippen LogP contribution is 1.85. The summed E-state index contributed by atoms with van der Waals surface area (Å²) in [5, 5.41) is 6.49. The fraction of sp³-hybridized carbons (Fsp3) is 0.333. The lowest BCUT2D eigenvalue weighted by Crippen LogP contribution is -1.74. The van der Waals surface area contributed by atoms with Crippen molar-refractivity contribution in [3.05, 3.63) is 11.6 Å². The summed E-state index contributed by atoms with van der Waals surface area (Å²) in [5.74, 6) is 6.79. The van der Waals surface area contributed by atoms with E-state index in [-0.39, 0.29) is 0 Å². The molecule has 0 atom stereocenters. The molecule has 0 spiro atoms. The summed E-state index contributed by atoms with van der Waals surface area (Å²) >= 11 is 0. The first kappa shape index (κ1) is 5.83. The van der Waals surface area contributed by atoms with Crippen molar-refractivity contribution in [1.82, 2.24) is 15.2 Å². The predicted molar refractivity (Wildman–Crippen MR) is 33.7 cm³/mol. The van der Waals surface area contributed by atoms with Gasteiger partial charge in [-0.2, -0.15) is 0 Å². The van der Waals surface area contributed by atoms with Crippen molar-refractivity contribution < 1.29 is 0 Å². The van der Waals surface area contributed by atoms with Crippen LogP contribution in [0.4, 0.5) is 0 Å². The van der Waals surface area contributed by atoms with Gasteiger partial charge in [0.15, 0.2) is 0 Å². The SMILES string of the molecule is CC#Cc1n[nH]c(C)n1. The minimum absolute atomic E-state index is 0.565. The summed E-state index contributed by atoms with van der Waals surface area (Å²) in [6.45, 7) is 3.60. The molecule has 1 aromatic rings. The summed E-state index contributed by atoms with van der Waals surface area (Å²) in [6.07, 6.45) is 0. The van der Waals surface area contributed by atoms with E-state index in [4.69, 9.17) is 0 Å². The Bertz CT molecular complexity index is 251. The molecule has 0 fully saturated rings. The van der Waals surface area contributed by atoms with Crippen LogP contribution in [0.15, 0.2) is 0 Å². The molecule has 3 heteroatoms. The Balaban J connectivity index is 2.93. The molecule has 0 aliphatic rings. The minimum Gasteiger partial charge on any atom is -0.262 e. The smallest absolute Gasteiger partial charge is 0.225 e. The predicted octanol–water partition coefficient (Wildman–Crippen LogP) is 0.485. The molecule has 0 aliphatic carbocycles. The van der Waals surface area contributed by atoms with Gasteiger partial charge < -0.3 is 0 Å². The fourth-order valence-corrected chi connectivity index (χ4v) is 0.510. The van der Waals surface area contributed by atoms with E-state index in [0.29, 0.717) is 5.82 Å². The number of nitrogens with zero attached hydrogens (tertiary/aromatic N) is 2. The summed E-state index contributed by atoms with van der Waals surface area (Å²) in [7, 11) is 0. The molecule has 0 saturated carbocycles. The zero-order valence-electron chi connectivity index (χ0n) is 5.39. The second kappa shape index (κ2) is 2.31. The summed E-state index contributed by atoms with van der Waals surface area (Å²) in [6, 6.07) is 0. The summed E-state index contributed by atoms with van der Waals surface area (Å²) < 4.78 is 0. The van der Waals surface area contributed by atoms with Gasteiger partial charge in [0.05, 0.1) is 0 Å². The van der Waals surface area contributed by atoms with Gasteiger partial charge >= 0.3 is 0 Å². The standard InChI is InChI=1S/C6H7N3/c1-3-4-6-7-5(2)8-9-6/h1-2H3,(H,7,8,9). The summed E-state index contributed by atoms with van der Waals surface area (Å²) in [5.41, 5.74) is 0. The number of hydrogen-bond donors (Lipinski definition) is 1. The lowest BCUT2D eigenvalue weighted by Gasteiger charge is -1.69. The first-order valence-electron chi connectivity index (χ1n) is 2.64. The quantitative estimate of drug-likeness (QED) is 0.507. The molecule has 0 aliphatic heterocycles. The molecule has 3 nitrogen and oxygen atoms in total. The molecule has 0 unspecified atom stereocenters. The molecule has 0 aromatic carbocycles. The molecule has 1 rings (SSSR count). The third-order valence-electron chi connectivity index (χ3n) is 0.834. The third-order valence-corrected chi connectivity index (χ3v) is 0.834. The Hall–Kier alpha value is -1.30. The van der Waals surface area contributed by atoms with Gasteiger partial charge in [-0.05, 0) is 19.8 Å². The van der Waals surface area contributed by atoms with Crippen LogP contribution in [0.3, 0.4) is 0 Å². The van der Waals surface area contributed by atoms with Crippen LogP contribution in [0.25, 0.3) is 0 Å². The van der Waals surface area contributed by atoms with E-state index in [0.717, 1.165) is 5.82 Å². The monoisotopic (exact) mass is 121 g/mol. The van der Waals surface area contributed by atoms with E-state index in [1.807, 2.05) is 6.92 Å². The average Bonchev–Trinajstić information content (AvgIpc) is 2.17. The van der Waals surface area contributed by atoms with Crippen LogP contribution in [-0.4, -0.2) is 15.2 Å². The molecule has 1 N–H and O–H groups in total. The maximum absolute atomic E-state index is 3.96. The Morgan fingerprint density at radius 3 is 2.78 bits per heavy atom. The Kier molecular flexibility index (Phi) is 1.50. The Labute approximate surface area is 53.5 Å². The van der Waals surface area contributed by atoms with Crippen molar-refractivity contribution >= 4 is 0 Å². The number of rotatable bonds is 0. The second-order valence-corrected chi connectivity index (χ2v) is 1.62. The molecular weight excluding hydrogens is 114 g/mol. The number of aryl methyl sites for hydroxylation is 1. The number of hydrogen-bond acceptors (Lipinski definition) is 2. The summed E-state index contributed by atoms with van der Waals surface area (Å²) in [4.78, 5) is 3.96. The van der Waals surface area contributed by atoms with Crippen LogP contribution in [0.1, 0.15) is 18.6 Å². The second-order valence-electron chi connectivity index (χ2n) is 1.62. The van der Waals surface area contributed by atoms with Gasteiger partial charge in [-0.15, -0.1) is 5.10 Å².